The van der Waals surface area contributed by atoms with Crippen molar-refractivity contribution in [3.8, 4) is 0 Å². The van der Waals surface area contributed by atoms with Gasteiger partial charge in [0.1, 0.15) is 0 Å². The highest BCUT2D eigenvalue weighted by molar-refractivity contribution is 4.85. The normalized spacial score (nSPS) is 53.4. The summed E-state index contributed by atoms with van der Waals surface area (Å²) in [6.45, 7) is 5.27. The highest BCUT2D eigenvalue weighted by Crippen LogP contribution is 2.38. The van der Waals surface area contributed by atoms with E-state index in [0.717, 1.165) is 13.0 Å². The smallest absolute Gasteiger partial charge is 0.280 e. The van der Waals surface area contributed by atoms with Crippen LogP contribution in [0.3, 0.4) is 0 Å². The molecular formula is C7H12O3. The van der Waals surface area contributed by atoms with Crippen molar-refractivity contribution in [3.63, 3.8) is 0 Å². The van der Waals surface area contributed by atoms with E-state index in [2.05, 4.69) is 6.92 Å². The van der Waals surface area contributed by atoms with Gasteiger partial charge in [0, 0.05) is 13.3 Å². The second-order valence-corrected chi connectivity index (χ2v) is 3.30. The molecule has 2 saturated heterocycles. The lowest BCUT2D eigenvalue weighted by Gasteiger charge is -2.32. The average molecular weight is 144 g/mol. The van der Waals surface area contributed by atoms with Gasteiger partial charge < -0.3 is 14.2 Å². The Balaban J connectivity index is 2.20. The van der Waals surface area contributed by atoms with Gasteiger partial charge in [0.05, 0.1) is 18.8 Å². The molecule has 2 fully saturated rings. The molecular weight excluding hydrogens is 132 g/mol. The van der Waals surface area contributed by atoms with E-state index in [0.29, 0.717) is 6.61 Å². The summed E-state index contributed by atoms with van der Waals surface area (Å²) in [5.74, 6) is -0.743. The Kier molecular flexibility index (Phi) is 1.14. The maximum absolute atomic E-state index is 5.53. The summed E-state index contributed by atoms with van der Waals surface area (Å²) in [5.41, 5.74) is -0.0903. The van der Waals surface area contributed by atoms with Crippen molar-refractivity contribution in [1.82, 2.24) is 0 Å². The van der Waals surface area contributed by atoms with E-state index in [4.69, 9.17) is 14.2 Å². The highest BCUT2D eigenvalue weighted by atomic mass is 16.9. The summed E-state index contributed by atoms with van der Waals surface area (Å²) in [7, 11) is 0. The number of rotatable bonds is 0. The fourth-order valence-electron chi connectivity index (χ4n) is 1.44. The summed E-state index contributed by atoms with van der Waals surface area (Å²) in [5, 5.41) is 0. The summed E-state index contributed by atoms with van der Waals surface area (Å²) in [6.07, 6.45) is 0.933. The van der Waals surface area contributed by atoms with Crippen molar-refractivity contribution in [3.05, 3.63) is 0 Å². The van der Waals surface area contributed by atoms with E-state index in [1.165, 1.54) is 0 Å². The Labute approximate surface area is 60.3 Å². The zero-order valence-electron chi connectivity index (χ0n) is 6.35. The molecule has 0 spiro atoms. The Morgan fingerprint density at radius 3 is 2.60 bits per heavy atom. The van der Waals surface area contributed by atoms with Crippen LogP contribution in [0.2, 0.25) is 0 Å². The van der Waals surface area contributed by atoms with E-state index in [9.17, 15) is 0 Å². The molecule has 0 aliphatic carbocycles. The van der Waals surface area contributed by atoms with Crippen molar-refractivity contribution < 1.29 is 14.2 Å². The van der Waals surface area contributed by atoms with Gasteiger partial charge in [0.15, 0.2) is 0 Å². The third kappa shape index (κ3) is 0.856. The summed E-state index contributed by atoms with van der Waals surface area (Å²) in [6, 6.07) is 0. The molecule has 2 unspecified atom stereocenters. The lowest BCUT2D eigenvalue weighted by atomic mass is 10.0. The molecule has 2 aliphatic heterocycles. The molecule has 2 atom stereocenters. The van der Waals surface area contributed by atoms with Gasteiger partial charge in [-0.15, -0.1) is 0 Å². The van der Waals surface area contributed by atoms with Gasteiger partial charge in [-0.1, -0.05) is 0 Å². The first-order chi connectivity index (χ1) is 4.62. The quantitative estimate of drug-likeness (QED) is 0.505. The molecule has 0 radical (unpaired) electrons. The standard InChI is InChI=1S/C7H12O3/c1-6-3-4-8-7(2,10-6)9-5-6/h3-5H2,1-2H3. The van der Waals surface area contributed by atoms with Gasteiger partial charge in [0.25, 0.3) is 5.97 Å². The van der Waals surface area contributed by atoms with Crippen LogP contribution in [0.4, 0.5) is 0 Å². The second kappa shape index (κ2) is 1.72. The van der Waals surface area contributed by atoms with Crippen molar-refractivity contribution in [2.24, 2.45) is 0 Å². The van der Waals surface area contributed by atoms with Crippen LogP contribution < -0.4 is 0 Å². The first kappa shape index (κ1) is 6.58. The van der Waals surface area contributed by atoms with Gasteiger partial charge in [-0.2, -0.15) is 0 Å². The molecule has 10 heavy (non-hydrogen) atoms. The minimum atomic E-state index is -0.743. The Bertz CT molecular complexity index is 143. The van der Waals surface area contributed by atoms with Gasteiger partial charge in [-0.05, 0) is 6.92 Å². The molecule has 3 heteroatoms. The molecule has 2 rings (SSSR count). The molecule has 0 N–H and O–H groups in total. The van der Waals surface area contributed by atoms with Gasteiger partial charge in [0.2, 0.25) is 0 Å². The predicted octanol–water partition coefficient (Wildman–Crippen LogP) is 0.886. The molecule has 3 nitrogen and oxygen atoms in total. The lowest BCUT2D eigenvalue weighted by Crippen LogP contribution is -2.41. The number of fused-ring (bicyclic) bond motifs is 2. The van der Waals surface area contributed by atoms with Crippen LogP contribution in [-0.2, 0) is 14.2 Å². The molecule has 0 aromatic rings. The molecule has 2 aliphatic rings. The van der Waals surface area contributed by atoms with Gasteiger partial charge in [-0.25, -0.2) is 0 Å². The van der Waals surface area contributed by atoms with Crippen molar-refractivity contribution >= 4 is 0 Å². The monoisotopic (exact) mass is 144 g/mol. The Morgan fingerprint density at radius 1 is 1.20 bits per heavy atom. The highest BCUT2D eigenvalue weighted by Gasteiger charge is 2.49. The van der Waals surface area contributed by atoms with E-state index in [1.807, 2.05) is 6.92 Å². The third-order valence-electron chi connectivity index (χ3n) is 2.07. The molecule has 58 valence electrons. The molecule has 2 bridgehead atoms. The number of ether oxygens (including phenoxy) is 3. The van der Waals surface area contributed by atoms with E-state index >= 15 is 0 Å². The third-order valence-corrected chi connectivity index (χ3v) is 2.07. The van der Waals surface area contributed by atoms with Crippen molar-refractivity contribution in [1.29, 1.82) is 0 Å². The lowest BCUT2D eigenvalue weighted by molar-refractivity contribution is -0.355. The minimum Gasteiger partial charge on any atom is -0.328 e. The molecule has 2 heterocycles. The van der Waals surface area contributed by atoms with Crippen LogP contribution in [0.15, 0.2) is 0 Å². The zero-order valence-corrected chi connectivity index (χ0v) is 6.35. The first-order valence-corrected chi connectivity index (χ1v) is 3.60. The topological polar surface area (TPSA) is 27.7 Å². The number of hydrogen-bond acceptors (Lipinski definition) is 3. The summed E-state index contributed by atoms with van der Waals surface area (Å²) in [4.78, 5) is 0. The molecule has 0 aromatic carbocycles. The summed E-state index contributed by atoms with van der Waals surface area (Å²) >= 11 is 0. The van der Waals surface area contributed by atoms with Crippen LogP contribution >= 0.6 is 0 Å². The Hall–Kier alpha value is -0.120. The maximum atomic E-state index is 5.53. The summed E-state index contributed by atoms with van der Waals surface area (Å²) < 4.78 is 16.1. The second-order valence-electron chi connectivity index (χ2n) is 3.30. The van der Waals surface area contributed by atoms with E-state index < -0.39 is 5.97 Å². The molecule has 0 aromatic heterocycles. The van der Waals surface area contributed by atoms with Gasteiger partial charge in [-0.3, -0.25) is 0 Å². The van der Waals surface area contributed by atoms with E-state index in [1.54, 1.807) is 0 Å². The zero-order chi connectivity index (χ0) is 7.24. The van der Waals surface area contributed by atoms with Gasteiger partial charge >= 0.3 is 0 Å². The van der Waals surface area contributed by atoms with Crippen LogP contribution in [-0.4, -0.2) is 24.8 Å². The van der Waals surface area contributed by atoms with Crippen LogP contribution in [0.1, 0.15) is 20.3 Å². The fourth-order valence-corrected chi connectivity index (χ4v) is 1.44. The number of hydrogen-bond donors (Lipinski definition) is 0. The van der Waals surface area contributed by atoms with Crippen LogP contribution in [0.25, 0.3) is 0 Å². The van der Waals surface area contributed by atoms with Crippen LogP contribution in [0, 0.1) is 0 Å². The fraction of sp³-hybridized carbons (Fsp3) is 1.00. The molecule has 0 amide bonds. The average Bonchev–Trinajstić information content (AvgIpc) is 2.03. The largest absolute Gasteiger partial charge is 0.328 e. The SMILES string of the molecule is CC12CCOC(C)(OC1)O2. The van der Waals surface area contributed by atoms with Crippen LogP contribution in [0.5, 0.6) is 0 Å². The minimum absolute atomic E-state index is 0.0903. The predicted molar refractivity (Wildman–Crippen MR) is 34.4 cm³/mol. The Morgan fingerprint density at radius 2 is 2.00 bits per heavy atom. The maximum Gasteiger partial charge on any atom is 0.280 e. The van der Waals surface area contributed by atoms with Crippen molar-refractivity contribution in [2.75, 3.05) is 13.2 Å². The van der Waals surface area contributed by atoms with E-state index in [-0.39, 0.29) is 5.60 Å². The molecule has 0 saturated carbocycles. The first-order valence-electron chi connectivity index (χ1n) is 3.60. The van der Waals surface area contributed by atoms with Crippen molar-refractivity contribution in [2.45, 2.75) is 31.8 Å².